The first-order valence-electron chi connectivity index (χ1n) is 6.16. The van der Waals surface area contributed by atoms with Crippen LogP contribution in [-0.4, -0.2) is 29.5 Å². The zero-order valence-electron chi connectivity index (χ0n) is 10.4. The van der Waals surface area contributed by atoms with Gasteiger partial charge in [-0.15, -0.1) is 0 Å². The lowest BCUT2D eigenvalue weighted by molar-refractivity contribution is 0.141. The molecular weight excluding hydrogens is 202 g/mol. The van der Waals surface area contributed by atoms with Crippen LogP contribution in [0.1, 0.15) is 32.3 Å². The lowest BCUT2D eigenvalue weighted by atomic mass is 10.3. The molecule has 0 amide bonds. The molecule has 0 aromatic carbocycles. The van der Waals surface area contributed by atoms with Gasteiger partial charge in [0.1, 0.15) is 0 Å². The minimum atomic E-state index is 0.797. The number of aromatic nitrogens is 2. The highest BCUT2D eigenvalue weighted by molar-refractivity contribution is 5.03. The molecule has 4 nitrogen and oxygen atoms in total. The van der Waals surface area contributed by atoms with Crippen molar-refractivity contribution in [2.45, 2.75) is 39.8 Å². The minimum Gasteiger partial charge on any atom is -0.382 e. The average molecular weight is 225 g/mol. The van der Waals surface area contributed by atoms with Crippen LogP contribution in [0.2, 0.25) is 0 Å². The van der Waals surface area contributed by atoms with Crippen LogP contribution >= 0.6 is 0 Å². The van der Waals surface area contributed by atoms with E-state index in [0.29, 0.717) is 0 Å². The molecule has 0 saturated heterocycles. The summed E-state index contributed by atoms with van der Waals surface area (Å²) in [5, 5.41) is 7.68. The van der Waals surface area contributed by atoms with Gasteiger partial charge in [-0.1, -0.05) is 6.92 Å². The molecule has 0 atom stereocenters. The van der Waals surface area contributed by atoms with Crippen molar-refractivity contribution in [2.24, 2.45) is 0 Å². The fraction of sp³-hybridized carbons (Fsp3) is 0.750. The van der Waals surface area contributed by atoms with Crippen LogP contribution in [-0.2, 0) is 17.8 Å². The summed E-state index contributed by atoms with van der Waals surface area (Å²) < 4.78 is 7.28. The number of hydrogen-bond donors (Lipinski definition) is 1. The number of hydrogen-bond acceptors (Lipinski definition) is 3. The summed E-state index contributed by atoms with van der Waals surface area (Å²) >= 11 is 0. The van der Waals surface area contributed by atoms with Crippen molar-refractivity contribution in [3.8, 4) is 0 Å². The second-order valence-electron chi connectivity index (χ2n) is 3.84. The molecule has 92 valence electrons. The molecule has 0 aliphatic carbocycles. The van der Waals surface area contributed by atoms with E-state index in [1.54, 1.807) is 0 Å². The highest BCUT2D eigenvalue weighted by Crippen LogP contribution is 1.98. The smallest absolute Gasteiger partial charge is 0.0534 e. The number of nitrogens with one attached hydrogen (secondary N) is 1. The molecule has 0 radical (unpaired) electrons. The molecule has 1 aromatic heterocycles. The van der Waals surface area contributed by atoms with E-state index in [9.17, 15) is 0 Å². The molecule has 0 aliphatic rings. The Morgan fingerprint density at radius 2 is 2.31 bits per heavy atom. The van der Waals surface area contributed by atoms with E-state index < -0.39 is 0 Å². The fourth-order valence-electron chi connectivity index (χ4n) is 1.50. The Hall–Kier alpha value is -0.870. The molecule has 0 saturated carbocycles. The van der Waals surface area contributed by atoms with Crippen molar-refractivity contribution < 1.29 is 4.74 Å². The highest BCUT2D eigenvalue weighted by atomic mass is 16.5. The summed E-state index contributed by atoms with van der Waals surface area (Å²) in [4.78, 5) is 0. The number of nitrogens with zero attached hydrogens (tertiary/aromatic N) is 2. The monoisotopic (exact) mass is 225 g/mol. The standard InChI is InChI=1S/C12H23N3O/c1-3-6-13-9-12-10-14-15(11-12)7-5-8-16-4-2/h10-11,13H,3-9H2,1-2H3. The topological polar surface area (TPSA) is 39.1 Å². The van der Waals surface area contributed by atoms with Crippen molar-refractivity contribution in [3.05, 3.63) is 18.0 Å². The maximum Gasteiger partial charge on any atom is 0.0534 e. The third kappa shape index (κ3) is 5.28. The SMILES string of the molecule is CCCNCc1cnn(CCCOCC)c1. The highest BCUT2D eigenvalue weighted by Gasteiger charge is 1.97. The van der Waals surface area contributed by atoms with E-state index in [0.717, 1.165) is 39.3 Å². The van der Waals surface area contributed by atoms with Gasteiger partial charge in [-0.2, -0.15) is 5.10 Å². The fourth-order valence-corrected chi connectivity index (χ4v) is 1.50. The molecule has 0 bridgehead atoms. The molecule has 0 fully saturated rings. The Kier molecular flexibility index (Phi) is 6.85. The lowest BCUT2D eigenvalue weighted by Crippen LogP contribution is -2.13. The van der Waals surface area contributed by atoms with Gasteiger partial charge in [0, 0.05) is 38.1 Å². The van der Waals surface area contributed by atoms with Gasteiger partial charge in [0.2, 0.25) is 0 Å². The Morgan fingerprint density at radius 1 is 1.44 bits per heavy atom. The predicted molar refractivity (Wildman–Crippen MR) is 65.3 cm³/mol. The average Bonchev–Trinajstić information content (AvgIpc) is 2.73. The first kappa shape index (κ1) is 13.2. The zero-order valence-corrected chi connectivity index (χ0v) is 10.4. The van der Waals surface area contributed by atoms with Crippen LogP contribution < -0.4 is 5.32 Å². The summed E-state index contributed by atoms with van der Waals surface area (Å²) in [7, 11) is 0. The largest absolute Gasteiger partial charge is 0.382 e. The summed E-state index contributed by atoms with van der Waals surface area (Å²) in [6, 6.07) is 0. The Bertz CT molecular complexity index is 273. The van der Waals surface area contributed by atoms with Crippen LogP contribution in [0.5, 0.6) is 0 Å². The minimum absolute atomic E-state index is 0.797. The van der Waals surface area contributed by atoms with Crippen molar-refractivity contribution in [3.63, 3.8) is 0 Å². The van der Waals surface area contributed by atoms with E-state index in [1.807, 2.05) is 17.8 Å². The third-order valence-electron chi connectivity index (χ3n) is 2.32. The third-order valence-corrected chi connectivity index (χ3v) is 2.32. The van der Waals surface area contributed by atoms with Gasteiger partial charge < -0.3 is 10.1 Å². The van der Waals surface area contributed by atoms with Crippen LogP contribution in [0, 0.1) is 0 Å². The first-order valence-corrected chi connectivity index (χ1v) is 6.16. The van der Waals surface area contributed by atoms with Gasteiger partial charge in [0.25, 0.3) is 0 Å². The van der Waals surface area contributed by atoms with Gasteiger partial charge in [-0.25, -0.2) is 0 Å². The second kappa shape index (κ2) is 8.30. The molecule has 1 N–H and O–H groups in total. The molecule has 0 unspecified atom stereocenters. The normalized spacial score (nSPS) is 10.9. The van der Waals surface area contributed by atoms with Crippen LogP contribution in [0.3, 0.4) is 0 Å². The van der Waals surface area contributed by atoms with E-state index in [-0.39, 0.29) is 0 Å². The summed E-state index contributed by atoms with van der Waals surface area (Å²) in [6.45, 7) is 8.73. The molecule has 4 heteroatoms. The Labute approximate surface area is 98.0 Å². The number of ether oxygens (including phenoxy) is 1. The molecule has 1 aromatic rings. The Balaban J connectivity index is 2.17. The first-order chi connectivity index (χ1) is 7.86. The van der Waals surface area contributed by atoms with Crippen LogP contribution in [0.4, 0.5) is 0 Å². The summed E-state index contributed by atoms with van der Waals surface area (Å²) in [6.07, 6.45) is 6.23. The van der Waals surface area contributed by atoms with Gasteiger partial charge in [0.15, 0.2) is 0 Å². The number of aryl methyl sites for hydroxylation is 1. The molecule has 16 heavy (non-hydrogen) atoms. The lowest BCUT2D eigenvalue weighted by Gasteiger charge is -2.02. The van der Waals surface area contributed by atoms with Crippen molar-refractivity contribution >= 4 is 0 Å². The molecule has 1 heterocycles. The molecule has 0 aliphatic heterocycles. The molecule has 1 rings (SSSR count). The maximum absolute atomic E-state index is 5.29. The second-order valence-corrected chi connectivity index (χ2v) is 3.84. The van der Waals surface area contributed by atoms with Crippen molar-refractivity contribution in [1.29, 1.82) is 0 Å². The molecule has 0 spiro atoms. The molecular formula is C12H23N3O. The predicted octanol–water partition coefficient (Wildman–Crippen LogP) is 1.81. The maximum atomic E-state index is 5.29. The van der Waals surface area contributed by atoms with Gasteiger partial charge in [-0.3, -0.25) is 4.68 Å². The van der Waals surface area contributed by atoms with Gasteiger partial charge in [-0.05, 0) is 26.3 Å². The van der Waals surface area contributed by atoms with E-state index in [4.69, 9.17) is 4.74 Å². The van der Waals surface area contributed by atoms with E-state index in [2.05, 4.69) is 23.5 Å². The summed E-state index contributed by atoms with van der Waals surface area (Å²) in [5.41, 5.74) is 1.25. The van der Waals surface area contributed by atoms with Crippen molar-refractivity contribution in [2.75, 3.05) is 19.8 Å². The zero-order chi connectivity index (χ0) is 11.6. The van der Waals surface area contributed by atoms with Crippen molar-refractivity contribution in [1.82, 2.24) is 15.1 Å². The number of rotatable bonds is 9. The Morgan fingerprint density at radius 3 is 3.06 bits per heavy atom. The van der Waals surface area contributed by atoms with Crippen LogP contribution in [0.15, 0.2) is 12.4 Å². The van der Waals surface area contributed by atoms with E-state index in [1.165, 1.54) is 12.0 Å². The van der Waals surface area contributed by atoms with Gasteiger partial charge >= 0.3 is 0 Å². The quantitative estimate of drug-likeness (QED) is 0.651. The summed E-state index contributed by atoms with van der Waals surface area (Å²) in [5.74, 6) is 0. The van der Waals surface area contributed by atoms with E-state index >= 15 is 0 Å². The van der Waals surface area contributed by atoms with Gasteiger partial charge in [0.05, 0.1) is 6.20 Å². The van der Waals surface area contributed by atoms with Crippen LogP contribution in [0.25, 0.3) is 0 Å².